The van der Waals surface area contributed by atoms with E-state index in [2.05, 4.69) is 26.2 Å². The Labute approximate surface area is 311 Å². The molecule has 0 radical (unpaired) electrons. The maximum Gasteiger partial charge on any atom is 0.231 e. The van der Waals surface area contributed by atoms with Gasteiger partial charge < -0.3 is 43.3 Å². The minimum atomic E-state index is -0.0461. The Morgan fingerprint density at radius 2 is 1.39 bits per heavy atom. The Morgan fingerprint density at radius 3 is 1.84 bits per heavy atom. The number of benzene rings is 1. The topological polar surface area (TPSA) is 172 Å². The molecule has 14 heteroatoms. The van der Waals surface area contributed by atoms with Crippen LogP contribution in [0.1, 0.15) is 68.9 Å². The lowest BCUT2D eigenvalue weighted by Crippen LogP contribution is -2.25. The minimum Gasteiger partial charge on any atom is -0.491 e. The number of nitrogens with zero attached hydrogens (tertiary/aromatic N) is 2. The molecule has 1 heterocycles. The summed E-state index contributed by atoms with van der Waals surface area (Å²) in [5, 5.41) is 11.6. The molecule has 51 heavy (non-hydrogen) atoms. The third-order valence-corrected chi connectivity index (χ3v) is 6.51. The fourth-order valence-corrected chi connectivity index (χ4v) is 3.66. The summed E-state index contributed by atoms with van der Waals surface area (Å²) < 4.78 is 33.5. The summed E-state index contributed by atoms with van der Waals surface area (Å²) >= 11 is 3.26. The molecule has 0 aliphatic rings. The predicted molar refractivity (Wildman–Crippen MR) is 198 cm³/mol. The van der Waals surface area contributed by atoms with E-state index in [9.17, 15) is 19.2 Å². The number of ether oxygens (including phenoxy) is 6. The van der Waals surface area contributed by atoms with Crippen LogP contribution in [0.2, 0.25) is 0 Å². The predicted octanol–water partition coefficient (Wildman–Crippen LogP) is 5.58. The molecule has 286 valence electrons. The number of halogens is 1. The molecule has 13 nitrogen and oxygen atoms in total. The summed E-state index contributed by atoms with van der Waals surface area (Å²) in [6.45, 7) is 15.6. The number of carbonyl (C=O) groups excluding carboxylic acids is 4. The number of rotatable bonds is 23. The largest absolute Gasteiger partial charge is 0.491 e. The molecule has 0 fully saturated rings. The quantitative estimate of drug-likeness (QED) is 0.110. The Morgan fingerprint density at radius 1 is 0.882 bits per heavy atom. The zero-order valence-electron chi connectivity index (χ0n) is 31.1. The van der Waals surface area contributed by atoms with Crippen molar-refractivity contribution >= 4 is 40.7 Å². The highest BCUT2D eigenvalue weighted by Crippen LogP contribution is 2.19. The molecule has 0 bridgehead atoms. The number of aryl methyl sites for hydroxylation is 1. The zero-order chi connectivity index (χ0) is 38.7. The standard InChI is InChI=1S/C24H29BrN2O7.C7H13NO2.C4H8O.C2H6/c1-19-2-3-23(15-21(19)18-28)33-12-10-31-8-6-29-4-5-30-7-9-32-11-13-34-24-20(16-26)14-22(25)17-27-24;1-6(4-3-5-9)7(10)8-2;1-4(2)3-5;1-2/h2-3,14-15,17-18H,4-13H2,1H3;5-6H,3-4H2,1-2H3,(H,8,10);3-4H,1-2H3;1-2H3. The molecule has 1 aromatic heterocycles. The number of aromatic nitrogens is 1. The van der Waals surface area contributed by atoms with Crippen molar-refractivity contribution < 1.29 is 47.6 Å². The molecule has 2 aromatic rings. The molecule has 1 atom stereocenters. The van der Waals surface area contributed by atoms with Crippen LogP contribution in [0.3, 0.4) is 0 Å². The van der Waals surface area contributed by atoms with E-state index < -0.39 is 0 Å². The number of nitrogens with one attached hydrogen (secondary N) is 1. The highest BCUT2D eigenvalue weighted by Gasteiger charge is 2.09. The fraction of sp³-hybridized carbons (Fsp3) is 0.568. The lowest BCUT2D eigenvalue weighted by atomic mass is 10.1. The molecule has 1 amide bonds. The van der Waals surface area contributed by atoms with Crippen molar-refractivity contribution in [3.63, 3.8) is 0 Å². The van der Waals surface area contributed by atoms with Gasteiger partial charge in [0.05, 0.1) is 52.9 Å². The van der Waals surface area contributed by atoms with Crippen LogP contribution in [0.15, 0.2) is 34.9 Å². The second-order valence-electron chi connectivity index (χ2n) is 10.5. The molecule has 1 aromatic carbocycles. The van der Waals surface area contributed by atoms with Gasteiger partial charge in [-0.25, -0.2) is 4.98 Å². The van der Waals surface area contributed by atoms with Crippen molar-refractivity contribution in [3.05, 3.63) is 51.6 Å². The van der Waals surface area contributed by atoms with Gasteiger partial charge in [0.2, 0.25) is 11.8 Å². The van der Waals surface area contributed by atoms with Gasteiger partial charge in [0.25, 0.3) is 0 Å². The van der Waals surface area contributed by atoms with E-state index in [0.717, 1.165) is 28.9 Å². The molecule has 0 aliphatic carbocycles. The highest BCUT2D eigenvalue weighted by atomic mass is 79.9. The van der Waals surface area contributed by atoms with E-state index in [1.165, 1.54) is 0 Å². The summed E-state index contributed by atoms with van der Waals surface area (Å²) in [7, 11) is 1.60. The van der Waals surface area contributed by atoms with Crippen LogP contribution in [-0.4, -0.2) is 103 Å². The Hall–Kier alpha value is -3.74. The minimum absolute atomic E-state index is 0.00171. The van der Waals surface area contributed by atoms with Crippen LogP contribution in [0.25, 0.3) is 0 Å². The summed E-state index contributed by atoms with van der Waals surface area (Å²) in [6, 6.07) is 9.09. The molecule has 1 N–H and O–H groups in total. The van der Waals surface area contributed by atoms with Gasteiger partial charge in [0, 0.05) is 41.5 Å². The van der Waals surface area contributed by atoms with Crippen LogP contribution in [0, 0.1) is 30.1 Å². The Kier molecular flexibility index (Phi) is 33.6. The van der Waals surface area contributed by atoms with Gasteiger partial charge in [-0.05, 0) is 53.0 Å². The maximum absolute atomic E-state index is 10.9. The van der Waals surface area contributed by atoms with Crippen LogP contribution in [0.5, 0.6) is 11.6 Å². The maximum atomic E-state index is 10.9. The van der Waals surface area contributed by atoms with Crippen molar-refractivity contribution in [2.24, 2.45) is 11.8 Å². The van der Waals surface area contributed by atoms with E-state index in [4.69, 9.17) is 33.7 Å². The SMILES string of the molecule is CC.CC(C)C=O.CNC(=O)C(C)CCC=O.Cc1ccc(OCCOCCOCCOCCOCCOc2ncc(Br)cc2C#N)cc1C=O. The van der Waals surface area contributed by atoms with E-state index >= 15 is 0 Å². The van der Waals surface area contributed by atoms with E-state index in [0.29, 0.717) is 102 Å². The third-order valence-electron chi connectivity index (χ3n) is 6.08. The Bertz CT molecular complexity index is 1260. The average Bonchev–Trinajstić information content (AvgIpc) is 3.15. The van der Waals surface area contributed by atoms with Gasteiger partial charge in [-0.2, -0.15) is 5.26 Å². The molecule has 0 saturated carbocycles. The molecule has 1 unspecified atom stereocenters. The number of carbonyl (C=O) groups is 4. The van der Waals surface area contributed by atoms with Gasteiger partial charge in [-0.15, -0.1) is 0 Å². The van der Waals surface area contributed by atoms with Crippen molar-refractivity contribution in [1.82, 2.24) is 10.3 Å². The summed E-state index contributed by atoms with van der Waals surface area (Å²) in [5.41, 5.74) is 1.91. The highest BCUT2D eigenvalue weighted by molar-refractivity contribution is 9.10. The molecule has 0 saturated heterocycles. The number of amides is 1. The van der Waals surface area contributed by atoms with Crippen LogP contribution in [0.4, 0.5) is 0 Å². The first-order valence-electron chi connectivity index (χ1n) is 16.9. The third kappa shape index (κ3) is 27.6. The lowest BCUT2D eigenvalue weighted by molar-refractivity contribution is -0.124. The first-order chi connectivity index (χ1) is 24.6. The summed E-state index contributed by atoms with van der Waals surface area (Å²) in [6.07, 6.45) is 5.25. The zero-order valence-corrected chi connectivity index (χ0v) is 32.7. The van der Waals surface area contributed by atoms with Crippen molar-refractivity contribution in [1.29, 1.82) is 5.26 Å². The van der Waals surface area contributed by atoms with Crippen molar-refractivity contribution in [2.45, 2.75) is 54.4 Å². The number of nitriles is 1. The molecule has 2 rings (SSSR count). The van der Waals surface area contributed by atoms with Gasteiger partial charge in [0.15, 0.2) is 0 Å². The normalized spacial score (nSPS) is 10.4. The fourth-order valence-electron chi connectivity index (χ4n) is 3.33. The van der Waals surface area contributed by atoms with E-state index in [-0.39, 0.29) is 17.7 Å². The van der Waals surface area contributed by atoms with Gasteiger partial charge >= 0.3 is 0 Å². The number of aldehydes is 3. The molecule has 0 aliphatic heterocycles. The van der Waals surface area contributed by atoms with Gasteiger partial charge in [0.1, 0.15) is 49.5 Å². The first kappa shape index (κ1) is 49.4. The average molecular weight is 783 g/mol. The molecular weight excluding hydrogens is 726 g/mol. The van der Waals surface area contributed by atoms with Gasteiger partial charge in [-0.1, -0.05) is 40.7 Å². The number of hydrogen-bond acceptors (Lipinski definition) is 12. The number of pyridine rings is 1. The van der Waals surface area contributed by atoms with Crippen LogP contribution in [-0.2, 0) is 33.3 Å². The summed E-state index contributed by atoms with van der Waals surface area (Å²) in [4.78, 5) is 45.2. The summed E-state index contributed by atoms with van der Waals surface area (Å²) in [5.74, 6) is 1.10. The monoisotopic (exact) mass is 781 g/mol. The first-order valence-corrected chi connectivity index (χ1v) is 17.7. The van der Waals surface area contributed by atoms with Crippen molar-refractivity contribution in [2.75, 3.05) is 73.1 Å². The Balaban J connectivity index is 0. The molecule has 0 spiro atoms. The lowest BCUT2D eigenvalue weighted by Gasteiger charge is -2.09. The van der Waals surface area contributed by atoms with E-state index in [1.54, 1.807) is 25.4 Å². The van der Waals surface area contributed by atoms with Crippen LogP contribution < -0.4 is 14.8 Å². The van der Waals surface area contributed by atoms with Crippen LogP contribution >= 0.6 is 15.9 Å². The second-order valence-corrected chi connectivity index (χ2v) is 11.5. The second kappa shape index (κ2) is 34.7. The van der Waals surface area contributed by atoms with Crippen molar-refractivity contribution in [3.8, 4) is 17.7 Å². The number of hydrogen-bond donors (Lipinski definition) is 1. The van der Waals surface area contributed by atoms with E-state index in [1.807, 2.05) is 59.7 Å². The smallest absolute Gasteiger partial charge is 0.231 e. The molecular formula is C37H56BrN3O10. The van der Waals surface area contributed by atoms with Gasteiger partial charge in [-0.3, -0.25) is 9.59 Å².